The minimum atomic E-state index is -0.301. The fourth-order valence-corrected chi connectivity index (χ4v) is 2.61. The van der Waals surface area contributed by atoms with Crippen LogP contribution < -0.4 is 5.32 Å². The molecule has 3 rings (SSSR count). The maximum Gasteiger partial charge on any atom is 0.266 e. The van der Waals surface area contributed by atoms with Crippen molar-refractivity contribution in [1.29, 1.82) is 0 Å². The Morgan fingerprint density at radius 1 is 1.33 bits per heavy atom. The first-order chi connectivity index (χ1) is 8.72. The Labute approximate surface area is 105 Å². The minimum Gasteiger partial charge on any atom is -0.306 e. The van der Waals surface area contributed by atoms with Gasteiger partial charge in [-0.3, -0.25) is 9.89 Å². The van der Waals surface area contributed by atoms with E-state index in [4.69, 9.17) is 0 Å². The molecule has 1 aromatic carbocycles. The molecule has 2 N–H and O–H groups in total. The normalized spacial score (nSPS) is 10.7. The number of thiophene rings is 1. The van der Waals surface area contributed by atoms with Crippen molar-refractivity contribution < 1.29 is 9.18 Å². The molecule has 0 aliphatic rings. The molecule has 2 heterocycles. The molecule has 0 radical (unpaired) electrons. The Balaban J connectivity index is 1.92. The highest BCUT2D eigenvalue weighted by molar-refractivity contribution is 7.20. The Hall–Kier alpha value is -2.21. The first kappa shape index (κ1) is 10.9. The van der Waals surface area contributed by atoms with Gasteiger partial charge in [0, 0.05) is 10.8 Å². The fraction of sp³-hybridized carbons (Fsp3) is 0. The predicted octanol–water partition coefficient (Wildman–Crippen LogP) is 3.02. The fourth-order valence-electron chi connectivity index (χ4n) is 1.63. The van der Waals surface area contributed by atoms with E-state index in [0.29, 0.717) is 10.7 Å². The van der Waals surface area contributed by atoms with Crippen molar-refractivity contribution in [2.24, 2.45) is 0 Å². The number of H-pyrrole nitrogens is 1. The van der Waals surface area contributed by atoms with Gasteiger partial charge in [0.2, 0.25) is 0 Å². The van der Waals surface area contributed by atoms with E-state index in [1.807, 2.05) is 0 Å². The maximum absolute atomic E-state index is 13.0. The Bertz CT molecular complexity index is 705. The van der Waals surface area contributed by atoms with Crippen molar-refractivity contribution in [2.75, 3.05) is 5.32 Å². The van der Waals surface area contributed by atoms with Crippen molar-refractivity contribution in [3.8, 4) is 0 Å². The van der Waals surface area contributed by atoms with Crippen LogP contribution in [0.4, 0.5) is 10.2 Å². The summed E-state index contributed by atoms with van der Waals surface area (Å²) in [6, 6.07) is 7.86. The molecule has 0 aliphatic carbocycles. The molecule has 90 valence electrons. The van der Waals surface area contributed by atoms with E-state index >= 15 is 0 Å². The minimum absolute atomic E-state index is 0.235. The quantitative estimate of drug-likeness (QED) is 0.745. The van der Waals surface area contributed by atoms with E-state index < -0.39 is 0 Å². The number of rotatable bonds is 2. The number of nitrogens with zero attached hydrogens (tertiary/aromatic N) is 1. The summed E-state index contributed by atoms with van der Waals surface area (Å²) in [6.07, 6.45) is 1.55. The zero-order valence-electron chi connectivity index (χ0n) is 9.11. The third-order valence-corrected chi connectivity index (χ3v) is 3.55. The number of hydrogen-bond donors (Lipinski definition) is 2. The molecule has 0 atom stereocenters. The number of carbonyl (C=O) groups is 1. The van der Waals surface area contributed by atoms with Gasteiger partial charge in [0.1, 0.15) is 11.6 Å². The Morgan fingerprint density at radius 3 is 3.00 bits per heavy atom. The highest BCUT2D eigenvalue weighted by Crippen LogP contribution is 2.26. The lowest BCUT2D eigenvalue weighted by atomic mass is 10.2. The van der Waals surface area contributed by atoms with Crippen LogP contribution in [0.5, 0.6) is 0 Å². The van der Waals surface area contributed by atoms with Crippen molar-refractivity contribution in [3.63, 3.8) is 0 Å². The topological polar surface area (TPSA) is 57.8 Å². The Morgan fingerprint density at radius 2 is 2.22 bits per heavy atom. The lowest BCUT2D eigenvalue weighted by Gasteiger charge is -1.97. The molecule has 0 spiro atoms. The van der Waals surface area contributed by atoms with Crippen molar-refractivity contribution in [1.82, 2.24) is 10.2 Å². The Kier molecular flexibility index (Phi) is 2.56. The predicted molar refractivity (Wildman–Crippen MR) is 68.3 cm³/mol. The lowest BCUT2D eigenvalue weighted by Crippen LogP contribution is -2.10. The van der Waals surface area contributed by atoms with Gasteiger partial charge in [-0.05, 0) is 23.6 Å². The average Bonchev–Trinajstić information content (AvgIpc) is 2.96. The molecule has 0 bridgehead atoms. The van der Waals surface area contributed by atoms with Crippen LogP contribution in [0.25, 0.3) is 10.1 Å². The maximum atomic E-state index is 13.0. The number of hydrogen-bond acceptors (Lipinski definition) is 3. The van der Waals surface area contributed by atoms with Crippen molar-refractivity contribution >= 4 is 33.1 Å². The summed E-state index contributed by atoms with van der Waals surface area (Å²) in [5.74, 6) is -0.00521. The molecule has 2 aromatic heterocycles. The van der Waals surface area contributed by atoms with E-state index in [2.05, 4.69) is 15.5 Å². The van der Waals surface area contributed by atoms with Crippen LogP contribution in [0, 0.1) is 5.82 Å². The summed E-state index contributed by atoms with van der Waals surface area (Å²) in [7, 11) is 0. The number of aromatic amines is 1. The zero-order chi connectivity index (χ0) is 12.5. The summed E-state index contributed by atoms with van der Waals surface area (Å²) in [6.45, 7) is 0. The molecule has 0 saturated carbocycles. The molecule has 4 nitrogen and oxygen atoms in total. The van der Waals surface area contributed by atoms with Gasteiger partial charge in [-0.2, -0.15) is 5.10 Å². The number of anilines is 1. The first-order valence-corrected chi connectivity index (χ1v) is 6.04. The third kappa shape index (κ3) is 1.98. The molecule has 0 unspecified atom stereocenters. The summed E-state index contributed by atoms with van der Waals surface area (Å²) >= 11 is 1.26. The van der Waals surface area contributed by atoms with Crippen LogP contribution in [0.15, 0.2) is 36.5 Å². The second-order valence-electron chi connectivity index (χ2n) is 3.72. The van der Waals surface area contributed by atoms with E-state index in [9.17, 15) is 9.18 Å². The van der Waals surface area contributed by atoms with Crippen LogP contribution in [-0.4, -0.2) is 16.1 Å². The second kappa shape index (κ2) is 4.23. The molecular weight excluding hydrogens is 253 g/mol. The zero-order valence-corrected chi connectivity index (χ0v) is 9.92. The van der Waals surface area contributed by atoms with Gasteiger partial charge >= 0.3 is 0 Å². The monoisotopic (exact) mass is 261 g/mol. The van der Waals surface area contributed by atoms with Crippen LogP contribution in [-0.2, 0) is 0 Å². The number of carbonyl (C=O) groups excluding carboxylic acids is 1. The second-order valence-corrected chi connectivity index (χ2v) is 4.80. The van der Waals surface area contributed by atoms with Crippen molar-refractivity contribution in [3.05, 3.63) is 47.2 Å². The molecule has 1 amide bonds. The summed E-state index contributed by atoms with van der Waals surface area (Å²) in [4.78, 5) is 12.5. The van der Waals surface area contributed by atoms with Crippen LogP contribution in [0.1, 0.15) is 9.67 Å². The van der Waals surface area contributed by atoms with E-state index in [1.165, 1.54) is 23.5 Å². The van der Waals surface area contributed by atoms with Gasteiger partial charge < -0.3 is 5.32 Å². The standard InChI is InChI=1S/C12H8FN3OS/c13-8-2-1-7-5-10(18-9(7)6-8)12(17)15-11-3-4-14-16-11/h1-6H,(H2,14,15,16,17). The van der Waals surface area contributed by atoms with E-state index in [0.717, 1.165) is 10.1 Å². The summed E-state index contributed by atoms with van der Waals surface area (Å²) in [5.41, 5.74) is 0. The van der Waals surface area contributed by atoms with Gasteiger partial charge in [-0.25, -0.2) is 4.39 Å². The van der Waals surface area contributed by atoms with Gasteiger partial charge in [0.05, 0.1) is 11.1 Å². The van der Waals surface area contributed by atoms with Gasteiger partial charge in [0.25, 0.3) is 5.91 Å². The summed E-state index contributed by atoms with van der Waals surface area (Å²) < 4.78 is 13.8. The van der Waals surface area contributed by atoms with Crippen LogP contribution in [0.2, 0.25) is 0 Å². The van der Waals surface area contributed by atoms with Crippen LogP contribution in [0.3, 0.4) is 0 Å². The molecule has 0 aliphatic heterocycles. The first-order valence-electron chi connectivity index (χ1n) is 5.22. The SMILES string of the molecule is O=C(Nc1ccn[nH]1)c1cc2ccc(F)cc2s1. The molecule has 6 heteroatoms. The number of nitrogens with one attached hydrogen (secondary N) is 2. The molecule has 18 heavy (non-hydrogen) atoms. The number of aromatic nitrogens is 2. The highest BCUT2D eigenvalue weighted by atomic mass is 32.1. The van der Waals surface area contributed by atoms with E-state index in [1.54, 1.807) is 24.4 Å². The average molecular weight is 261 g/mol. The number of amides is 1. The number of benzene rings is 1. The van der Waals surface area contributed by atoms with Crippen LogP contribution >= 0.6 is 11.3 Å². The van der Waals surface area contributed by atoms with Crippen molar-refractivity contribution in [2.45, 2.75) is 0 Å². The van der Waals surface area contributed by atoms with Gasteiger partial charge in [-0.15, -0.1) is 11.3 Å². The lowest BCUT2D eigenvalue weighted by molar-refractivity contribution is 0.103. The van der Waals surface area contributed by atoms with Gasteiger partial charge in [-0.1, -0.05) is 6.07 Å². The third-order valence-electron chi connectivity index (χ3n) is 2.45. The number of fused-ring (bicyclic) bond motifs is 1. The van der Waals surface area contributed by atoms with E-state index in [-0.39, 0.29) is 11.7 Å². The molecular formula is C12H8FN3OS. The smallest absolute Gasteiger partial charge is 0.266 e. The largest absolute Gasteiger partial charge is 0.306 e. The molecule has 3 aromatic rings. The highest BCUT2D eigenvalue weighted by Gasteiger charge is 2.11. The summed E-state index contributed by atoms with van der Waals surface area (Å²) in [5, 5.41) is 9.91. The molecule has 0 saturated heterocycles. The van der Waals surface area contributed by atoms with Gasteiger partial charge in [0.15, 0.2) is 0 Å². The molecule has 0 fully saturated rings. The number of halogens is 1.